The minimum atomic E-state index is 1.15. The van der Waals surface area contributed by atoms with Gasteiger partial charge in [-0.3, -0.25) is 0 Å². The Morgan fingerprint density at radius 2 is 0.750 bits per heavy atom. The number of benzene rings is 6. The summed E-state index contributed by atoms with van der Waals surface area (Å²) < 4.78 is 0. The molecule has 0 N–H and O–H groups in total. The predicted octanol–water partition coefficient (Wildman–Crippen LogP) is 10.1. The first-order valence-corrected chi connectivity index (χ1v) is 12.5. The van der Waals surface area contributed by atoms with E-state index in [1.165, 1.54) is 49.4 Å². The number of fused-ring (bicyclic) bond motifs is 2. The third kappa shape index (κ3) is 4.25. The second kappa shape index (κ2) is 9.02. The zero-order chi connectivity index (χ0) is 24.6. The lowest BCUT2D eigenvalue weighted by molar-refractivity contribution is 1.27. The van der Waals surface area contributed by atoms with E-state index < -0.39 is 0 Å². The van der Waals surface area contributed by atoms with Crippen molar-refractivity contribution >= 4 is 38.6 Å². The fourth-order valence-corrected chi connectivity index (χ4v) is 4.93. The molecule has 0 amide bonds. The van der Waals surface area contributed by atoms with Crippen LogP contribution in [0.3, 0.4) is 0 Å². The largest absolute Gasteiger partial charge is 0.311 e. The second-order valence-electron chi connectivity index (χ2n) is 9.82. The summed E-state index contributed by atoms with van der Waals surface area (Å²) in [5, 5.41) is 5.13. The first kappa shape index (κ1) is 22.1. The van der Waals surface area contributed by atoms with Crippen LogP contribution in [0.4, 0.5) is 17.1 Å². The van der Waals surface area contributed by atoms with Crippen molar-refractivity contribution in [2.24, 2.45) is 0 Å². The van der Waals surface area contributed by atoms with Gasteiger partial charge in [0.1, 0.15) is 0 Å². The van der Waals surface area contributed by atoms with Crippen LogP contribution < -0.4 is 4.90 Å². The van der Waals surface area contributed by atoms with E-state index in [1.54, 1.807) is 0 Å². The van der Waals surface area contributed by atoms with Gasteiger partial charge in [-0.15, -0.1) is 0 Å². The molecule has 1 heteroatoms. The summed E-state index contributed by atoms with van der Waals surface area (Å²) >= 11 is 0. The molecule has 0 aliphatic rings. The van der Waals surface area contributed by atoms with E-state index in [-0.39, 0.29) is 0 Å². The first-order valence-electron chi connectivity index (χ1n) is 12.5. The average Bonchev–Trinajstić information content (AvgIpc) is 2.90. The lowest BCUT2D eigenvalue weighted by Crippen LogP contribution is -2.09. The quantitative estimate of drug-likeness (QED) is 0.235. The van der Waals surface area contributed by atoms with Crippen LogP contribution in [0.25, 0.3) is 32.7 Å². The van der Waals surface area contributed by atoms with Crippen LogP contribution in [0.15, 0.2) is 121 Å². The summed E-state index contributed by atoms with van der Waals surface area (Å²) in [4.78, 5) is 2.32. The van der Waals surface area contributed by atoms with E-state index in [2.05, 4.69) is 147 Å². The molecule has 0 saturated heterocycles. The maximum absolute atomic E-state index is 2.32. The van der Waals surface area contributed by atoms with Crippen LogP contribution in [0.5, 0.6) is 0 Å². The molecular weight excluding hydrogens is 434 g/mol. The molecule has 6 aromatic rings. The van der Waals surface area contributed by atoms with Crippen LogP contribution in [-0.2, 0) is 0 Å². The number of anilines is 3. The van der Waals surface area contributed by atoms with Crippen molar-refractivity contribution in [2.45, 2.75) is 20.8 Å². The van der Waals surface area contributed by atoms with Crippen molar-refractivity contribution in [3.05, 3.63) is 138 Å². The molecule has 0 unspecified atom stereocenters. The molecule has 174 valence electrons. The molecule has 36 heavy (non-hydrogen) atoms. The molecule has 0 spiro atoms. The van der Waals surface area contributed by atoms with Crippen LogP contribution in [0.1, 0.15) is 16.7 Å². The monoisotopic (exact) mass is 463 g/mol. The molecule has 0 aromatic heterocycles. The topological polar surface area (TPSA) is 3.24 Å². The third-order valence-corrected chi connectivity index (χ3v) is 6.99. The van der Waals surface area contributed by atoms with Gasteiger partial charge >= 0.3 is 0 Å². The van der Waals surface area contributed by atoms with Crippen LogP contribution in [0, 0.1) is 20.8 Å². The molecule has 6 aromatic carbocycles. The molecule has 0 radical (unpaired) electrons. The van der Waals surface area contributed by atoms with E-state index in [1.807, 2.05) is 0 Å². The highest BCUT2D eigenvalue weighted by atomic mass is 15.1. The standard InChI is InChI=1S/C35H29N/c1-24-5-14-33(15-6-24)36(34-16-7-25(2)8-17-34)35-18-12-27(13-19-35)28-10-11-30-22-31-20-26(3)4-9-29(31)23-32(30)21-28/h4-23H,1-3H3. The molecule has 0 fully saturated rings. The Labute approximate surface area is 213 Å². The SMILES string of the molecule is Cc1ccc(N(c2ccc(C)cc2)c2ccc(-c3ccc4cc5cc(C)ccc5cc4c3)cc2)cc1. The third-order valence-electron chi connectivity index (χ3n) is 6.99. The Kier molecular flexibility index (Phi) is 5.54. The maximum Gasteiger partial charge on any atom is 0.0462 e. The minimum absolute atomic E-state index is 1.15. The van der Waals surface area contributed by atoms with Gasteiger partial charge in [0.15, 0.2) is 0 Å². The second-order valence-corrected chi connectivity index (χ2v) is 9.82. The number of aryl methyl sites for hydroxylation is 3. The lowest BCUT2D eigenvalue weighted by Gasteiger charge is -2.26. The Morgan fingerprint density at radius 3 is 1.31 bits per heavy atom. The Balaban J connectivity index is 1.38. The minimum Gasteiger partial charge on any atom is -0.311 e. The normalized spacial score (nSPS) is 11.2. The molecular formula is C35H29N. The molecule has 0 aliphatic carbocycles. The van der Waals surface area contributed by atoms with E-state index in [4.69, 9.17) is 0 Å². The zero-order valence-corrected chi connectivity index (χ0v) is 21.0. The van der Waals surface area contributed by atoms with Crippen molar-refractivity contribution in [3.63, 3.8) is 0 Å². The summed E-state index contributed by atoms with van der Waals surface area (Å²) in [6, 6.07) is 44.4. The lowest BCUT2D eigenvalue weighted by atomic mass is 9.97. The van der Waals surface area contributed by atoms with E-state index in [9.17, 15) is 0 Å². The maximum atomic E-state index is 2.32. The van der Waals surface area contributed by atoms with Crippen molar-refractivity contribution in [2.75, 3.05) is 4.90 Å². The molecule has 6 rings (SSSR count). The van der Waals surface area contributed by atoms with E-state index >= 15 is 0 Å². The number of hydrogen-bond acceptors (Lipinski definition) is 1. The van der Waals surface area contributed by atoms with Gasteiger partial charge in [0, 0.05) is 17.1 Å². The van der Waals surface area contributed by atoms with Gasteiger partial charge in [0.25, 0.3) is 0 Å². The van der Waals surface area contributed by atoms with Crippen LogP contribution in [-0.4, -0.2) is 0 Å². The molecule has 0 heterocycles. The smallest absolute Gasteiger partial charge is 0.0462 e. The van der Waals surface area contributed by atoms with E-state index in [0.717, 1.165) is 17.1 Å². The highest BCUT2D eigenvalue weighted by Crippen LogP contribution is 2.36. The highest BCUT2D eigenvalue weighted by molar-refractivity contribution is 6.00. The Bertz CT molecular complexity index is 1630. The molecule has 0 saturated carbocycles. The fourth-order valence-electron chi connectivity index (χ4n) is 4.93. The highest BCUT2D eigenvalue weighted by Gasteiger charge is 2.13. The van der Waals surface area contributed by atoms with Gasteiger partial charge in [-0.1, -0.05) is 83.4 Å². The van der Waals surface area contributed by atoms with E-state index in [0.29, 0.717) is 0 Å². The van der Waals surface area contributed by atoms with Gasteiger partial charge in [-0.25, -0.2) is 0 Å². The van der Waals surface area contributed by atoms with Crippen molar-refractivity contribution in [3.8, 4) is 11.1 Å². The van der Waals surface area contributed by atoms with Crippen molar-refractivity contribution < 1.29 is 0 Å². The number of hydrogen-bond donors (Lipinski definition) is 0. The van der Waals surface area contributed by atoms with Gasteiger partial charge in [-0.05, 0) is 108 Å². The molecule has 0 bridgehead atoms. The van der Waals surface area contributed by atoms with Crippen LogP contribution >= 0.6 is 0 Å². The number of rotatable bonds is 4. The number of nitrogens with zero attached hydrogens (tertiary/aromatic N) is 1. The summed E-state index contributed by atoms with van der Waals surface area (Å²) in [6.07, 6.45) is 0. The molecule has 1 nitrogen and oxygen atoms in total. The van der Waals surface area contributed by atoms with Gasteiger partial charge in [0.2, 0.25) is 0 Å². The molecule has 0 aliphatic heterocycles. The van der Waals surface area contributed by atoms with Crippen molar-refractivity contribution in [1.82, 2.24) is 0 Å². The Morgan fingerprint density at radius 1 is 0.333 bits per heavy atom. The Hall–Kier alpha value is -4.36. The average molecular weight is 464 g/mol. The van der Waals surface area contributed by atoms with Crippen molar-refractivity contribution in [1.29, 1.82) is 0 Å². The summed E-state index contributed by atoms with van der Waals surface area (Å²) in [5.74, 6) is 0. The summed E-state index contributed by atoms with van der Waals surface area (Å²) in [5.41, 5.74) is 9.73. The summed E-state index contributed by atoms with van der Waals surface area (Å²) in [7, 11) is 0. The van der Waals surface area contributed by atoms with Gasteiger partial charge < -0.3 is 4.90 Å². The van der Waals surface area contributed by atoms with Gasteiger partial charge in [0.05, 0.1) is 0 Å². The fraction of sp³-hybridized carbons (Fsp3) is 0.0857. The van der Waals surface area contributed by atoms with Crippen LogP contribution in [0.2, 0.25) is 0 Å². The zero-order valence-electron chi connectivity index (χ0n) is 21.0. The molecule has 0 atom stereocenters. The predicted molar refractivity (Wildman–Crippen MR) is 156 cm³/mol. The summed E-state index contributed by atoms with van der Waals surface area (Å²) in [6.45, 7) is 6.40. The first-order chi connectivity index (χ1) is 17.5. The van der Waals surface area contributed by atoms with Gasteiger partial charge in [-0.2, -0.15) is 0 Å².